The Hall–Kier alpha value is -0.450. The summed E-state index contributed by atoms with van der Waals surface area (Å²) in [5.41, 5.74) is 0. The molecule has 0 fully saturated rings. The third-order valence-corrected chi connectivity index (χ3v) is 9.04. The summed E-state index contributed by atoms with van der Waals surface area (Å²) in [5.74, 6) is -0.150. The number of carbonyl (C=O) groups excluding carboxylic acids is 2. The van der Waals surface area contributed by atoms with Crippen LogP contribution < -0.4 is 12.4 Å². The molecule has 5 heteroatoms. The van der Waals surface area contributed by atoms with E-state index in [2.05, 4.69) is 13.8 Å². The monoisotopic (exact) mass is 602 g/mol. The molecule has 2 unspecified atom stereocenters. The number of halogens is 1. The zero-order valence-corrected chi connectivity index (χ0v) is 28.9. The highest BCUT2D eigenvalue weighted by Crippen LogP contribution is 2.20. The molecule has 0 bridgehead atoms. The highest BCUT2D eigenvalue weighted by molar-refractivity contribution is 5.84. The molecule has 1 N–H and O–H groups in total. The summed E-state index contributed by atoms with van der Waals surface area (Å²) < 4.78 is -0.713. The lowest BCUT2D eigenvalue weighted by molar-refractivity contribution is -1.05. The fraction of sp³-hybridized carbons (Fsp3) is 0.944. The van der Waals surface area contributed by atoms with E-state index in [4.69, 9.17) is 0 Å². The highest BCUT2D eigenvalue weighted by atomic mass is 35.5. The molecule has 41 heavy (non-hydrogen) atoms. The number of hydrogen-bond acceptors (Lipinski definition) is 3. The smallest absolute Gasteiger partial charge is 0.346 e. The van der Waals surface area contributed by atoms with Crippen molar-refractivity contribution in [1.29, 1.82) is 0 Å². The third kappa shape index (κ3) is 23.7. The lowest BCUT2D eigenvalue weighted by Gasteiger charge is -2.31. The van der Waals surface area contributed by atoms with E-state index in [9.17, 15) is 14.8 Å². The molecule has 2 atom stereocenters. The fourth-order valence-corrected chi connectivity index (χ4v) is 5.92. The Morgan fingerprint density at radius 3 is 1.05 bits per heavy atom. The molecule has 0 heterocycles. The number of Topliss-reactive ketones (excluding diaryl/α,β-unsaturated/α-hetero) is 1. The molecule has 246 valence electrons. The van der Waals surface area contributed by atoms with Crippen molar-refractivity contribution in [1.82, 2.24) is 0 Å². The Balaban J connectivity index is 0. The summed E-state index contributed by atoms with van der Waals surface area (Å²) in [6.07, 6.45) is 34.0. The Morgan fingerprint density at radius 2 is 0.756 bits per heavy atom. The first-order chi connectivity index (χ1) is 19.4. The Bertz CT molecular complexity index is 585. The maximum Gasteiger partial charge on any atom is 0.346 e. The molecule has 0 aliphatic heterocycles. The number of quaternary nitrogens is 1. The van der Waals surface area contributed by atoms with E-state index < -0.39 is 10.7 Å². The molecule has 4 nitrogen and oxygen atoms in total. The molecule has 0 aromatic carbocycles. The molecule has 0 aromatic heterocycles. The minimum atomic E-state index is -0.713. The number of carbonyl (C=O) groups is 2. The second-order valence-corrected chi connectivity index (χ2v) is 12.7. The Morgan fingerprint density at radius 1 is 0.488 bits per heavy atom. The predicted molar refractivity (Wildman–Crippen MR) is 173 cm³/mol. The van der Waals surface area contributed by atoms with Crippen LogP contribution in [0.3, 0.4) is 0 Å². The van der Waals surface area contributed by atoms with Crippen LogP contribution in [0.4, 0.5) is 0 Å². The molecule has 0 saturated carbocycles. The summed E-state index contributed by atoms with van der Waals surface area (Å²) in [6.45, 7) is 8.36. The summed E-state index contributed by atoms with van der Waals surface area (Å²) in [4.78, 5) is 25.7. The van der Waals surface area contributed by atoms with Crippen molar-refractivity contribution in [3.63, 3.8) is 0 Å². The summed E-state index contributed by atoms with van der Waals surface area (Å²) in [5, 5.41) is 11.1. The molecule has 1 amide bonds. The highest BCUT2D eigenvalue weighted by Gasteiger charge is 2.42. The largest absolute Gasteiger partial charge is 1.00 e. The lowest BCUT2D eigenvalue weighted by Crippen LogP contribution is -3.00. The van der Waals surface area contributed by atoms with Gasteiger partial charge in [0.1, 0.15) is 6.54 Å². The number of rotatable bonds is 31. The average Bonchev–Trinajstić information content (AvgIpc) is 2.96. The van der Waals surface area contributed by atoms with E-state index in [1.165, 1.54) is 135 Å². The number of likely N-dealkylation sites (N-methyl/N-ethyl adjacent to an activating group) is 1. The average molecular weight is 602 g/mol. The third-order valence-electron chi connectivity index (χ3n) is 9.04. The van der Waals surface area contributed by atoms with Gasteiger partial charge in [-0.25, -0.2) is 10.0 Å². The van der Waals surface area contributed by atoms with Gasteiger partial charge in [-0.3, -0.25) is 4.79 Å². The first-order valence-corrected chi connectivity index (χ1v) is 18.1. The van der Waals surface area contributed by atoms with Crippen molar-refractivity contribution in [3.8, 4) is 0 Å². The molecule has 0 rings (SSSR count). The zero-order chi connectivity index (χ0) is 29.7. The SMILES string of the molecule is CCCCCCCCCCCCCCCC(=O)C(C)[N+](O)(CC)C(=O)CCCCCCCCCCCCCCC.[Cl-]. The van der Waals surface area contributed by atoms with E-state index in [-0.39, 0.29) is 30.6 Å². The molecule has 0 aliphatic rings. The maximum atomic E-state index is 12.9. The van der Waals surface area contributed by atoms with Crippen LogP contribution in [0.5, 0.6) is 0 Å². The van der Waals surface area contributed by atoms with Crippen LogP contribution in [0.15, 0.2) is 0 Å². The number of nitrogens with zero attached hydrogens (tertiary/aromatic N) is 1. The quantitative estimate of drug-likeness (QED) is 0.0374. The number of hydrogen-bond donors (Lipinski definition) is 1. The fourth-order valence-electron chi connectivity index (χ4n) is 5.92. The van der Waals surface area contributed by atoms with E-state index >= 15 is 0 Å². The molecule has 0 aliphatic carbocycles. The van der Waals surface area contributed by atoms with Crippen LogP contribution >= 0.6 is 0 Å². The Labute approximate surface area is 263 Å². The minimum absolute atomic E-state index is 0. The molecule has 0 saturated heterocycles. The van der Waals surface area contributed by atoms with Crippen LogP contribution in [0, 0.1) is 0 Å². The Kier molecular flexibility index (Phi) is 32.3. The first-order valence-electron chi connectivity index (χ1n) is 18.1. The minimum Gasteiger partial charge on any atom is -1.00 e. The van der Waals surface area contributed by atoms with Crippen molar-refractivity contribution in [2.24, 2.45) is 0 Å². The predicted octanol–water partition coefficient (Wildman–Crippen LogP) is 8.66. The molecular formula is C36H72ClNO3. The van der Waals surface area contributed by atoms with Crippen molar-refractivity contribution < 1.29 is 31.8 Å². The maximum absolute atomic E-state index is 12.9. The van der Waals surface area contributed by atoms with Gasteiger partial charge in [-0.15, -0.1) is 4.65 Å². The van der Waals surface area contributed by atoms with E-state index in [0.29, 0.717) is 12.8 Å². The van der Waals surface area contributed by atoms with Crippen LogP contribution in [0.25, 0.3) is 0 Å². The van der Waals surface area contributed by atoms with Crippen LogP contribution in [0.2, 0.25) is 0 Å². The van der Waals surface area contributed by atoms with Gasteiger partial charge in [-0.05, 0) is 26.7 Å². The van der Waals surface area contributed by atoms with E-state index in [1.54, 1.807) is 6.92 Å². The second-order valence-electron chi connectivity index (χ2n) is 12.7. The van der Waals surface area contributed by atoms with Gasteiger partial charge in [0.05, 0.1) is 6.42 Å². The van der Waals surface area contributed by atoms with Gasteiger partial charge >= 0.3 is 5.91 Å². The van der Waals surface area contributed by atoms with Gasteiger partial charge in [-0.1, -0.05) is 168 Å². The van der Waals surface area contributed by atoms with Gasteiger partial charge in [0.15, 0.2) is 11.8 Å². The van der Waals surface area contributed by atoms with Crippen molar-refractivity contribution in [3.05, 3.63) is 0 Å². The topological polar surface area (TPSA) is 54.4 Å². The number of unbranched alkanes of at least 4 members (excludes halogenated alkanes) is 24. The van der Waals surface area contributed by atoms with E-state index in [0.717, 1.165) is 32.1 Å². The van der Waals surface area contributed by atoms with E-state index in [1.807, 2.05) is 6.92 Å². The van der Waals surface area contributed by atoms with Gasteiger partial charge in [0.25, 0.3) is 0 Å². The number of amides is 1. The van der Waals surface area contributed by atoms with Gasteiger partial charge in [0.2, 0.25) is 0 Å². The van der Waals surface area contributed by atoms with Gasteiger partial charge in [0, 0.05) is 6.42 Å². The van der Waals surface area contributed by atoms with Crippen LogP contribution in [0.1, 0.15) is 207 Å². The molecule has 0 aromatic rings. The molecule has 0 radical (unpaired) electrons. The summed E-state index contributed by atoms with van der Waals surface area (Å²) in [6, 6.07) is -0.656. The van der Waals surface area contributed by atoms with Crippen LogP contribution in [-0.4, -0.2) is 34.1 Å². The van der Waals surface area contributed by atoms with Crippen molar-refractivity contribution in [2.75, 3.05) is 6.54 Å². The van der Waals surface area contributed by atoms with Gasteiger partial charge < -0.3 is 12.4 Å². The van der Waals surface area contributed by atoms with Gasteiger partial charge in [-0.2, -0.15) is 0 Å². The summed E-state index contributed by atoms with van der Waals surface area (Å²) in [7, 11) is 0. The van der Waals surface area contributed by atoms with Crippen LogP contribution in [-0.2, 0) is 9.59 Å². The second kappa shape index (κ2) is 31.0. The molecule has 0 spiro atoms. The lowest BCUT2D eigenvalue weighted by atomic mass is 10.0. The van der Waals surface area contributed by atoms with Crippen molar-refractivity contribution in [2.45, 2.75) is 214 Å². The zero-order valence-electron chi connectivity index (χ0n) is 28.2. The number of hydroxylamine groups is 3. The van der Waals surface area contributed by atoms with Crippen molar-refractivity contribution >= 4 is 11.7 Å². The summed E-state index contributed by atoms with van der Waals surface area (Å²) >= 11 is 0. The number of ketones is 1. The molecular weight excluding hydrogens is 530 g/mol. The first kappa shape index (κ1) is 42.7. The normalized spacial score (nSPS) is 13.5. The standard InChI is InChI=1S/C36H72NO3.ClH/c1-5-8-10-12-14-16-18-20-22-24-26-28-30-32-35(38)34(4)37(40,7-3)36(39)33-31-29-27-25-23-21-19-17-15-13-11-9-6-2;/h34,40H,5-33H2,1-4H3;1H/q+1;/p-1.